The number of hydrogen-bond acceptors (Lipinski definition) is 4. The maximum absolute atomic E-state index is 12.2. The van der Waals surface area contributed by atoms with Gasteiger partial charge in [0, 0.05) is 6.42 Å². The first-order valence-electron chi connectivity index (χ1n) is 7.84. The number of aryl methyl sites for hydroxylation is 2. The summed E-state index contributed by atoms with van der Waals surface area (Å²) in [6.45, 7) is 1.98. The van der Waals surface area contributed by atoms with Gasteiger partial charge < -0.3 is 15.9 Å². The number of nitrogens with two attached hydrogens (primary N) is 1. The zero-order chi connectivity index (χ0) is 19.0. The van der Waals surface area contributed by atoms with Crippen LogP contribution in [0.4, 0.5) is 4.79 Å². The molecule has 0 aliphatic carbocycles. The van der Waals surface area contributed by atoms with Crippen LogP contribution in [0.15, 0.2) is 24.3 Å². The van der Waals surface area contributed by atoms with Gasteiger partial charge in [-0.3, -0.25) is 9.59 Å². The van der Waals surface area contributed by atoms with E-state index >= 15 is 0 Å². The van der Waals surface area contributed by atoms with Crippen molar-refractivity contribution in [2.75, 3.05) is 0 Å². The molecule has 1 rings (SSSR count). The van der Waals surface area contributed by atoms with Crippen molar-refractivity contribution in [3.8, 4) is 0 Å². The van der Waals surface area contributed by atoms with Crippen LogP contribution in [-0.2, 0) is 20.8 Å². The van der Waals surface area contributed by atoms with Crippen molar-refractivity contribution in [3.05, 3.63) is 35.4 Å². The van der Waals surface area contributed by atoms with E-state index in [4.69, 9.17) is 15.9 Å². The Labute approximate surface area is 145 Å². The number of amides is 3. The molecule has 1 aromatic rings. The minimum atomic E-state index is -1.81. The summed E-state index contributed by atoms with van der Waals surface area (Å²) >= 11 is 0. The summed E-state index contributed by atoms with van der Waals surface area (Å²) in [6, 6.07) is 4.75. The molecule has 25 heavy (non-hydrogen) atoms. The number of nitrogens with zero attached hydrogens (tertiary/aromatic N) is 1. The Morgan fingerprint density at radius 1 is 1.12 bits per heavy atom. The molecule has 136 valence electrons. The first-order valence-corrected chi connectivity index (χ1v) is 7.84. The van der Waals surface area contributed by atoms with E-state index in [0.29, 0.717) is 17.7 Å². The van der Waals surface area contributed by atoms with Crippen molar-refractivity contribution in [1.82, 2.24) is 4.90 Å². The molecule has 0 fully saturated rings. The molecule has 0 radical (unpaired) electrons. The molecule has 0 saturated heterocycles. The van der Waals surface area contributed by atoms with E-state index in [1.807, 2.05) is 31.2 Å². The van der Waals surface area contributed by atoms with Crippen molar-refractivity contribution in [2.24, 2.45) is 5.73 Å². The van der Waals surface area contributed by atoms with Gasteiger partial charge in [-0.1, -0.05) is 24.3 Å². The molecule has 0 saturated carbocycles. The molecule has 0 aliphatic rings. The van der Waals surface area contributed by atoms with Gasteiger partial charge in [0.15, 0.2) is 0 Å². The van der Waals surface area contributed by atoms with E-state index in [1.54, 1.807) is 0 Å². The van der Waals surface area contributed by atoms with E-state index < -0.39 is 36.3 Å². The predicted molar refractivity (Wildman–Crippen MR) is 88.8 cm³/mol. The molecule has 0 spiro atoms. The second kappa shape index (κ2) is 9.41. The van der Waals surface area contributed by atoms with Crippen molar-refractivity contribution in [1.29, 1.82) is 0 Å². The number of imide groups is 1. The van der Waals surface area contributed by atoms with Gasteiger partial charge in [-0.25, -0.2) is 14.5 Å². The largest absolute Gasteiger partial charge is 0.481 e. The average Bonchev–Trinajstić information content (AvgIpc) is 2.51. The summed E-state index contributed by atoms with van der Waals surface area (Å²) in [5, 5.41) is 17.8. The van der Waals surface area contributed by atoms with Gasteiger partial charge in [-0.15, -0.1) is 0 Å². The lowest BCUT2D eigenvalue weighted by molar-refractivity contribution is -0.152. The second-order valence-electron chi connectivity index (χ2n) is 5.69. The molecule has 0 bridgehead atoms. The highest BCUT2D eigenvalue weighted by Crippen LogP contribution is 2.14. The van der Waals surface area contributed by atoms with Crippen molar-refractivity contribution in [3.63, 3.8) is 0 Å². The van der Waals surface area contributed by atoms with E-state index in [0.717, 1.165) is 17.5 Å². The van der Waals surface area contributed by atoms with Crippen LogP contribution in [0.25, 0.3) is 0 Å². The Morgan fingerprint density at radius 2 is 1.76 bits per heavy atom. The molecule has 0 heterocycles. The third kappa shape index (κ3) is 6.25. The van der Waals surface area contributed by atoms with Gasteiger partial charge in [0.2, 0.25) is 5.91 Å². The lowest BCUT2D eigenvalue weighted by Crippen LogP contribution is -2.51. The zero-order valence-corrected chi connectivity index (χ0v) is 14.0. The Hall–Kier alpha value is -2.90. The Bertz CT molecular complexity index is 658. The van der Waals surface area contributed by atoms with Gasteiger partial charge in [0.25, 0.3) is 0 Å². The number of hydrogen-bond donors (Lipinski definition) is 3. The molecule has 0 aromatic heterocycles. The van der Waals surface area contributed by atoms with E-state index in [-0.39, 0.29) is 6.42 Å². The topological polar surface area (TPSA) is 138 Å². The van der Waals surface area contributed by atoms with E-state index in [1.165, 1.54) is 0 Å². The fraction of sp³-hybridized carbons (Fsp3) is 0.412. The zero-order valence-electron chi connectivity index (χ0n) is 14.0. The van der Waals surface area contributed by atoms with Crippen LogP contribution in [0.1, 0.15) is 36.8 Å². The van der Waals surface area contributed by atoms with Gasteiger partial charge in [0.1, 0.15) is 6.04 Å². The molecule has 4 N–H and O–H groups in total. The molecular formula is C17H22N2O6. The fourth-order valence-corrected chi connectivity index (χ4v) is 2.51. The maximum atomic E-state index is 12.2. The van der Waals surface area contributed by atoms with Crippen LogP contribution >= 0.6 is 0 Å². The third-order valence-electron chi connectivity index (χ3n) is 3.82. The van der Waals surface area contributed by atoms with Crippen LogP contribution in [0.3, 0.4) is 0 Å². The molecule has 1 aromatic carbocycles. The van der Waals surface area contributed by atoms with Crippen LogP contribution in [0.2, 0.25) is 0 Å². The quantitative estimate of drug-likeness (QED) is 0.578. The molecule has 1 unspecified atom stereocenters. The Morgan fingerprint density at radius 3 is 2.28 bits per heavy atom. The average molecular weight is 350 g/mol. The predicted octanol–water partition coefficient (Wildman–Crippen LogP) is 1.54. The molecule has 8 heteroatoms. The number of carbonyl (C=O) groups excluding carboxylic acids is 2. The maximum Gasteiger partial charge on any atom is 0.327 e. The first-order chi connectivity index (χ1) is 11.7. The third-order valence-corrected chi connectivity index (χ3v) is 3.82. The second-order valence-corrected chi connectivity index (χ2v) is 5.69. The molecule has 1 atom stereocenters. The summed E-state index contributed by atoms with van der Waals surface area (Å²) < 4.78 is 0. The smallest absolute Gasteiger partial charge is 0.327 e. The lowest BCUT2D eigenvalue weighted by atomic mass is 10.0. The van der Waals surface area contributed by atoms with Crippen molar-refractivity contribution in [2.45, 2.75) is 45.1 Å². The number of carboxylic acid groups (broad SMARTS) is 2. The highest BCUT2D eigenvalue weighted by Gasteiger charge is 2.34. The number of urea groups is 1. The van der Waals surface area contributed by atoms with Gasteiger partial charge in [-0.2, -0.15) is 0 Å². The van der Waals surface area contributed by atoms with E-state index in [9.17, 15) is 19.2 Å². The normalized spacial score (nSPS) is 11.6. The van der Waals surface area contributed by atoms with Crippen LogP contribution in [-0.4, -0.2) is 45.0 Å². The number of unbranched alkanes of at least 4 members (excludes halogenated alkanes) is 1. The Kier molecular flexibility index (Phi) is 7.58. The molecule has 0 aliphatic heterocycles. The van der Waals surface area contributed by atoms with Crippen molar-refractivity contribution < 1.29 is 29.4 Å². The highest BCUT2D eigenvalue weighted by atomic mass is 16.4. The first kappa shape index (κ1) is 20.1. The minimum absolute atomic E-state index is 0.0851. The van der Waals surface area contributed by atoms with Crippen LogP contribution in [0, 0.1) is 6.92 Å². The number of primary amides is 1. The Balaban J connectivity index is 2.64. The lowest BCUT2D eigenvalue weighted by Gasteiger charge is -2.24. The van der Waals surface area contributed by atoms with Gasteiger partial charge >= 0.3 is 18.0 Å². The summed E-state index contributed by atoms with van der Waals surface area (Å²) in [5.74, 6) is -3.81. The van der Waals surface area contributed by atoms with Crippen LogP contribution < -0.4 is 5.73 Å². The summed E-state index contributed by atoms with van der Waals surface area (Å²) in [6.07, 6.45) is 0.857. The standard InChI is InChI=1S/C17H22N2O6/c1-11-6-2-3-7-12(11)8-4-5-9-14(20)19(17(18)25)13(16(23)24)10-15(21)22/h2-3,6-7,13H,4-5,8-10H2,1H3,(H2,18,25)(H,21,22)(H,23,24). The summed E-state index contributed by atoms with van der Waals surface area (Å²) in [5.41, 5.74) is 7.37. The summed E-state index contributed by atoms with van der Waals surface area (Å²) in [4.78, 5) is 45.9. The number of carbonyl (C=O) groups is 4. The summed E-state index contributed by atoms with van der Waals surface area (Å²) in [7, 11) is 0. The molecular weight excluding hydrogens is 328 g/mol. The number of benzene rings is 1. The highest BCUT2D eigenvalue weighted by molar-refractivity contribution is 5.99. The number of rotatable bonds is 9. The number of aliphatic carboxylic acids is 2. The van der Waals surface area contributed by atoms with Crippen molar-refractivity contribution >= 4 is 23.9 Å². The molecule has 8 nitrogen and oxygen atoms in total. The molecule has 3 amide bonds. The van der Waals surface area contributed by atoms with Crippen LogP contribution in [0.5, 0.6) is 0 Å². The monoisotopic (exact) mass is 350 g/mol. The fourth-order valence-electron chi connectivity index (χ4n) is 2.51. The SMILES string of the molecule is Cc1ccccc1CCCCC(=O)N(C(N)=O)C(CC(=O)O)C(=O)O. The van der Waals surface area contributed by atoms with Gasteiger partial charge in [-0.05, 0) is 37.3 Å². The van der Waals surface area contributed by atoms with Gasteiger partial charge in [0.05, 0.1) is 6.42 Å². The van der Waals surface area contributed by atoms with E-state index in [2.05, 4.69) is 0 Å². The minimum Gasteiger partial charge on any atom is -0.481 e. The number of carboxylic acids is 2.